The Bertz CT molecular complexity index is 219. The highest BCUT2D eigenvalue weighted by Crippen LogP contribution is 2.06. The number of unbranched alkanes of at least 4 members (excludes halogenated alkanes) is 8. The SMILES string of the molecule is CCCC=CCCCCC=CCCCCC=CCCC. The third-order valence-electron chi connectivity index (χ3n) is 3.39. The zero-order chi connectivity index (χ0) is 14.7. The van der Waals surface area contributed by atoms with Crippen LogP contribution in [0.2, 0.25) is 0 Å². The Labute approximate surface area is 128 Å². The molecule has 0 aliphatic rings. The Morgan fingerprint density at radius 1 is 0.400 bits per heavy atom. The highest BCUT2D eigenvalue weighted by Gasteiger charge is 1.86. The van der Waals surface area contributed by atoms with E-state index in [2.05, 4.69) is 50.3 Å². The van der Waals surface area contributed by atoms with Gasteiger partial charge in [-0.2, -0.15) is 0 Å². The molecular weight excluding hydrogens is 240 g/mol. The van der Waals surface area contributed by atoms with Gasteiger partial charge < -0.3 is 0 Å². The van der Waals surface area contributed by atoms with Crippen molar-refractivity contribution in [2.24, 2.45) is 0 Å². The summed E-state index contributed by atoms with van der Waals surface area (Å²) >= 11 is 0. The van der Waals surface area contributed by atoms with Gasteiger partial charge in [-0.25, -0.2) is 0 Å². The molecule has 0 rings (SSSR count). The van der Waals surface area contributed by atoms with Crippen LogP contribution in [-0.4, -0.2) is 0 Å². The summed E-state index contributed by atoms with van der Waals surface area (Å²) in [5.74, 6) is 0. The Kier molecular flexibility index (Phi) is 17.5. The van der Waals surface area contributed by atoms with Crippen molar-refractivity contribution >= 4 is 0 Å². The minimum Gasteiger partial charge on any atom is -0.0885 e. The molecule has 0 aromatic heterocycles. The molecule has 0 spiro atoms. The molecular formula is C20H36. The lowest BCUT2D eigenvalue weighted by Gasteiger charge is -1.95. The van der Waals surface area contributed by atoms with E-state index in [9.17, 15) is 0 Å². The third kappa shape index (κ3) is 17.2. The van der Waals surface area contributed by atoms with Crippen LogP contribution < -0.4 is 0 Å². The lowest BCUT2D eigenvalue weighted by atomic mass is 10.1. The van der Waals surface area contributed by atoms with E-state index in [0.717, 1.165) is 0 Å². The summed E-state index contributed by atoms with van der Waals surface area (Å²) in [6.45, 7) is 4.47. The van der Waals surface area contributed by atoms with E-state index in [1.807, 2.05) is 0 Å². The van der Waals surface area contributed by atoms with Crippen molar-refractivity contribution in [2.45, 2.75) is 90.9 Å². The maximum atomic E-state index is 2.38. The summed E-state index contributed by atoms with van der Waals surface area (Å²) in [4.78, 5) is 0. The molecule has 116 valence electrons. The van der Waals surface area contributed by atoms with Gasteiger partial charge in [-0.05, 0) is 64.2 Å². The molecule has 0 aliphatic heterocycles. The van der Waals surface area contributed by atoms with E-state index in [4.69, 9.17) is 0 Å². The van der Waals surface area contributed by atoms with E-state index in [0.29, 0.717) is 0 Å². The van der Waals surface area contributed by atoms with Crippen LogP contribution in [0, 0.1) is 0 Å². The minimum absolute atomic E-state index is 1.24. The summed E-state index contributed by atoms with van der Waals surface area (Å²) in [6, 6.07) is 0. The molecule has 0 heteroatoms. The lowest BCUT2D eigenvalue weighted by Crippen LogP contribution is -1.75. The average molecular weight is 277 g/mol. The zero-order valence-corrected chi connectivity index (χ0v) is 13.9. The predicted molar refractivity (Wildman–Crippen MR) is 94.2 cm³/mol. The minimum atomic E-state index is 1.24. The normalized spacial score (nSPS) is 12.3. The fourth-order valence-corrected chi connectivity index (χ4v) is 2.09. The molecule has 0 atom stereocenters. The summed E-state index contributed by atoms with van der Waals surface area (Å²) in [6.07, 6.45) is 29.5. The standard InChI is InChI=1S/C20H36/c1-3-5-7-9-11-13-15-17-19-20-18-16-14-12-10-8-6-4-2/h7-10,19-20H,3-6,11-18H2,1-2H3. The summed E-state index contributed by atoms with van der Waals surface area (Å²) in [5.41, 5.74) is 0. The Balaban J connectivity index is 3.16. The topological polar surface area (TPSA) is 0 Å². The smallest absolute Gasteiger partial charge is 0.0351 e. The van der Waals surface area contributed by atoms with Crippen molar-refractivity contribution in [3.63, 3.8) is 0 Å². The number of hydrogen-bond donors (Lipinski definition) is 0. The van der Waals surface area contributed by atoms with Crippen molar-refractivity contribution in [1.29, 1.82) is 0 Å². The van der Waals surface area contributed by atoms with Crippen LogP contribution in [-0.2, 0) is 0 Å². The first-order chi connectivity index (χ1) is 9.91. The van der Waals surface area contributed by atoms with Gasteiger partial charge >= 0.3 is 0 Å². The van der Waals surface area contributed by atoms with E-state index in [-0.39, 0.29) is 0 Å². The molecule has 0 heterocycles. The van der Waals surface area contributed by atoms with Crippen LogP contribution in [0.3, 0.4) is 0 Å². The van der Waals surface area contributed by atoms with Gasteiger partial charge in [-0.15, -0.1) is 0 Å². The zero-order valence-electron chi connectivity index (χ0n) is 13.9. The Morgan fingerprint density at radius 2 is 0.650 bits per heavy atom. The van der Waals surface area contributed by atoms with Crippen LogP contribution in [0.5, 0.6) is 0 Å². The van der Waals surface area contributed by atoms with Crippen LogP contribution in [0.25, 0.3) is 0 Å². The predicted octanol–water partition coefficient (Wildman–Crippen LogP) is 7.38. The van der Waals surface area contributed by atoms with Gasteiger partial charge in [0.05, 0.1) is 0 Å². The van der Waals surface area contributed by atoms with E-state index in [1.54, 1.807) is 0 Å². The summed E-state index contributed by atoms with van der Waals surface area (Å²) in [5, 5.41) is 0. The third-order valence-corrected chi connectivity index (χ3v) is 3.39. The first-order valence-corrected chi connectivity index (χ1v) is 8.86. The highest BCUT2D eigenvalue weighted by atomic mass is 13.9. The monoisotopic (exact) mass is 276 g/mol. The average Bonchev–Trinajstić information content (AvgIpc) is 2.47. The molecule has 0 saturated carbocycles. The van der Waals surface area contributed by atoms with Crippen LogP contribution in [0.4, 0.5) is 0 Å². The molecule has 0 aliphatic carbocycles. The first kappa shape index (κ1) is 19.2. The summed E-state index contributed by atoms with van der Waals surface area (Å²) < 4.78 is 0. The molecule has 0 amide bonds. The van der Waals surface area contributed by atoms with Crippen molar-refractivity contribution < 1.29 is 0 Å². The fourth-order valence-electron chi connectivity index (χ4n) is 2.09. The van der Waals surface area contributed by atoms with Gasteiger partial charge in [0.2, 0.25) is 0 Å². The van der Waals surface area contributed by atoms with Gasteiger partial charge in [-0.1, -0.05) is 63.1 Å². The van der Waals surface area contributed by atoms with Crippen LogP contribution in [0.15, 0.2) is 36.5 Å². The largest absolute Gasteiger partial charge is 0.0885 e. The summed E-state index contributed by atoms with van der Waals surface area (Å²) in [7, 11) is 0. The van der Waals surface area contributed by atoms with Crippen LogP contribution in [0.1, 0.15) is 90.9 Å². The van der Waals surface area contributed by atoms with Gasteiger partial charge in [0.1, 0.15) is 0 Å². The maximum absolute atomic E-state index is 2.38. The van der Waals surface area contributed by atoms with E-state index in [1.165, 1.54) is 77.0 Å². The highest BCUT2D eigenvalue weighted by molar-refractivity contribution is 4.85. The molecule has 0 aromatic carbocycles. The molecule has 0 fully saturated rings. The Hall–Kier alpha value is -0.780. The Morgan fingerprint density at radius 3 is 0.900 bits per heavy atom. The number of allylic oxidation sites excluding steroid dienone is 6. The van der Waals surface area contributed by atoms with Crippen molar-refractivity contribution in [2.75, 3.05) is 0 Å². The number of rotatable bonds is 14. The molecule has 0 unspecified atom stereocenters. The second-order valence-corrected chi connectivity index (χ2v) is 5.56. The second kappa shape index (κ2) is 18.2. The molecule has 20 heavy (non-hydrogen) atoms. The van der Waals surface area contributed by atoms with E-state index < -0.39 is 0 Å². The van der Waals surface area contributed by atoms with Crippen LogP contribution >= 0.6 is 0 Å². The van der Waals surface area contributed by atoms with Gasteiger partial charge in [-0.3, -0.25) is 0 Å². The fraction of sp³-hybridized carbons (Fsp3) is 0.700. The second-order valence-electron chi connectivity index (χ2n) is 5.56. The first-order valence-electron chi connectivity index (χ1n) is 8.86. The molecule has 0 aromatic rings. The molecule has 0 N–H and O–H groups in total. The number of hydrogen-bond acceptors (Lipinski definition) is 0. The van der Waals surface area contributed by atoms with Gasteiger partial charge in [0, 0.05) is 0 Å². The van der Waals surface area contributed by atoms with Crippen molar-refractivity contribution in [3.05, 3.63) is 36.5 Å². The van der Waals surface area contributed by atoms with Gasteiger partial charge in [0.15, 0.2) is 0 Å². The molecule has 0 saturated heterocycles. The van der Waals surface area contributed by atoms with Gasteiger partial charge in [0.25, 0.3) is 0 Å². The lowest BCUT2D eigenvalue weighted by molar-refractivity contribution is 0.743. The quantitative estimate of drug-likeness (QED) is 0.229. The van der Waals surface area contributed by atoms with Crippen molar-refractivity contribution in [1.82, 2.24) is 0 Å². The molecule has 0 bridgehead atoms. The molecule has 0 radical (unpaired) electrons. The maximum Gasteiger partial charge on any atom is -0.0351 e. The molecule has 0 nitrogen and oxygen atoms in total. The van der Waals surface area contributed by atoms with E-state index >= 15 is 0 Å². The van der Waals surface area contributed by atoms with Crippen molar-refractivity contribution in [3.8, 4) is 0 Å².